The van der Waals surface area contributed by atoms with Gasteiger partial charge in [0.25, 0.3) is 0 Å². The van der Waals surface area contributed by atoms with Gasteiger partial charge in [-0.15, -0.1) is 0 Å². The van der Waals surface area contributed by atoms with Gasteiger partial charge in [-0.2, -0.15) is 0 Å². The van der Waals surface area contributed by atoms with Crippen molar-refractivity contribution in [2.75, 3.05) is 26.7 Å². The van der Waals surface area contributed by atoms with Crippen molar-refractivity contribution in [3.05, 3.63) is 0 Å². The molecule has 2 aliphatic rings. The zero-order valence-corrected chi connectivity index (χ0v) is 12.3. The number of carbonyl (C=O) groups is 2. The molecular formula is C14H24N2O4. The molecule has 1 saturated carbocycles. The molecule has 2 amide bonds. The molecule has 0 spiro atoms. The summed E-state index contributed by atoms with van der Waals surface area (Å²) in [5, 5.41) is 8.62. The van der Waals surface area contributed by atoms with Crippen molar-refractivity contribution in [1.29, 1.82) is 0 Å². The van der Waals surface area contributed by atoms with Crippen LogP contribution in [0.25, 0.3) is 0 Å². The molecule has 1 aliphatic heterocycles. The number of carbonyl (C=O) groups excluding carboxylic acids is 1. The second-order valence-electron chi connectivity index (χ2n) is 6.17. The van der Waals surface area contributed by atoms with Crippen LogP contribution < -0.4 is 0 Å². The third kappa shape index (κ3) is 3.42. The first-order chi connectivity index (χ1) is 9.41. The number of nitrogens with zero attached hydrogens (tertiary/aromatic N) is 2. The van der Waals surface area contributed by atoms with Crippen molar-refractivity contribution in [3.63, 3.8) is 0 Å². The lowest BCUT2D eigenvalue weighted by atomic mass is 9.94. The van der Waals surface area contributed by atoms with Crippen molar-refractivity contribution in [2.24, 2.45) is 0 Å². The van der Waals surface area contributed by atoms with E-state index in [0.717, 1.165) is 12.8 Å². The lowest BCUT2D eigenvalue weighted by Gasteiger charge is -2.49. The zero-order valence-electron chi connectivity index (χ0n) is 12.3. The number of hydrogen-bond acceptors (Lipinski definition) is 3. The molecular weight excluding hydrogens is 260 g/mol. The Morgan fingerprint density at radius 2 is 1.90 bits per heavy atom. The number of hydrogen-bond donors (Lipinski definition) is 1. The van der Waals surface area contributed by atoms with Crippen LogP contribution in [0.3, 0.4) is 0 Å². The van der Waals surface area contributed by atoms with Gasteiger partial charge in [-0.1, -0.05) is 19.3 Å². The van der Waals surface area contributed by atoms with Gasteiger partial charge < -0.3 is 19.6 Å². The van der Waals surface area contributed by atoms with E-state index in [4.69, 9.17) is 9.84 Å². The number of rotatable bonds is 4. The van der Waals surface area contributed by atoms with Gasteiger partial charge in [-0.25, -0.2) is 9.59 Å². The van der Waals surface area contributed by atoms with Crippen LogP contribution in [0.5, 0.6) is 0 Å². The van der Waals surface area contributed by atoms with Crippen molar-refractivity contribution in [2.45, 2.75) is 50.7 Å². The van der Waals surface area contributed by atoms with Crippen LogP contribution in [0.15, 0.2) is 0 Å². The van der Waals surface area contributed by atoms with Crippen molar-refractivity contribution in [3.8, 4) is 0 Å². The normalized spacial score (nSPS) is 22.2. The fourth-order valence-electron chi connectivity index (χ4n) is 3.07. The summed E-state index contributed by atoms with van der Waals surface area (Å²) in [7, 11) is 1.87. The summed E-state index contributed by atoms with van der Waals surface area (Å²) < 4.78 is 5.32. The number of urea groups is 1. The minimum atomic E-state index is -0.977. The standard InChI is InChI=1S/C14H24N2O4/c1-14(20-8-12(17)18)9-16(10-14)13(19)15(2)11-6-4-3-5-7-11/h11H,3-10H2,1-2H3,(H,17,18). The molecule has 114 valence electrons. The highest BCUT2D eigenvalue weighted by atomic mass is 16.5. The zero-order chi connectivity index (χ0) is 14.8. The summed E-state index contributed by atoms with van der Waals surface area (Å²) in [6, 6.07) is 0.386. The van der Waals surface area contributed by atoms with Crippen LogP contribution >= 0.6 is 0 Å². The van der Waals surface area contributed by atoms with Crippen LogP contribution in [-0.2, 0) is 9.53 Å². The van der Waals surface area contributed by atoms with Crippen LogP contribution in [-0.4, -0.2) is 65.3 Å². The number of aliphatic carboxylic acids is 1. The molecule has 1 saturated heterocycles. The molecule has 20 heavy (non-hydrogen) atoms. The second-order valence-corrected chi connectivity index (χ2v) is 6.17. The molecule has 1 heterocycles. The Bertz CT molecular complexity index is 373. The van der Waals surface area contributed by atoms with E-state index >= 15 is 0 Å². The number of likely N-dealkylation sites (tertiary alicyclic amines) is 1. The Balaban J connectivity index is 1.79. The highest BCUT2D eigenvalue weighted by Gasteiger charge is 2.44. The molecule has 6 heteroatoms. The summed E-state index contributed by atoms with van der Waals surface area (Å²) in [5.41, 5.74) is -0.512. The van der Waals surface area contributed by atoms with E-state index in [9.17, 15) is 9.59 Å². The smallest absolute Gasteiger partial charge is 0.329 e. The number of ether oxygens (including phenoxy) is 1. The maximum Gasteiger partial charge on any atom is 0.329 e. The van der Waals surface area contributed by atoms with Gasteiger partial charge in [0.05, 0.1) is 13.1 Å². The van der Waals surface area contributed by atoms with Crippen LogP contribution in [0.4, 0.5) is 4.79 Å². The van der Waals surface area contributed by atoms with E-state index < -0.39 is 11.6 Å². The molecule has 0 aromatic rings. The largest absolute Gasteiger partial charge is 0.480 e. The molecule has 6 nitrogen and oxygen atoms in total. The third-order valence-corrected chi connectivity index (χ3v) is 4.29. The highest BCUT2D eigenvalue weighted by Crippen LogP contribution is 2.28. The van der Waals surface area contributed by atoms with E-state index in [1.807, 2.05) is 18.9 Å². The molecule has 1 aliphatic carbocycles. The van der Waals surface area contributed by atoms with Crippen LogP contribution in [0, 0.1) is 0 Å². The van der Waals surface area contributed by atoms with Crippen molar-refractivity contribution >= 4 is 12.0 Å². The fourth-order valence-corrected chi connectivity index (χ4v) is 3.07. The summed E-state index contributed by atoms with van der Waals surface area (Å²) in [5.74, 6) is -0.977. The Kier molecular flexibility index (Phi) is 4.52. The van der Waals surface area contributed by atoms with E-state index in [1.54, 1.807) is 4.90 Å². The summed E-state index contributed by atoms with van der Waals surface area (Å²) in [4.78, 5) is 26.4. The monoisotopic (exact) mass is 284 g/mol. The average molecular weight is 284 g/mol. The average Bonchev–Trinajstić information content (AvgIpc) is 2.41. The topological polar surface area (TPSA) is 70.1 Å². The first-order valence-corrected chi connectivity index (χ1v) is 7.29. The minimum absolute atomic E-state index is 0.0355. The quantitative estimate of drug-likeness (QED) is 0.850. The molecule has 0 bridgehead atoms. The van der Waals surface area contributed by atoms with Gasteiger partial charge in [0.1, 0.15) is 12.2 Å². The number of carboxylic acid groups (broad SMARTS) is 1. The van der Waals surface area contributed by atoms with Gasteiger partial charge >= 0.3 is 12.0 Å². The van der Waals surface area contributed by atoms with E-state index in [0.29, 0.717) is 19.1 Å². The number of carboxylic acids is 1. The van der Waals surface area contributed by atoms with Crippen molar-refractivity contribution < 1.29 is 19.4 Å². The molecule has 2 fully saturated rings. The Morgan fingerprint density at radius 3 is 2.45 bits per heavy atom. The lowest BCUT2D eigenvalue weighted by molar-refractivity contribution is -0.160. The van der Waals surface area contributed by atoms with Crippen LogP contribution in [0.1, 0.15) is 39.0 Å². The predicted molar refractivity (Wildman–Crippen MR) is 73.6 cm³/mol. The Labute approximate surface area is 119 Å². The first-order valence-electron chi connectivity index (χ1n) is 7.29. The first kappa shape index (κ1) is 15.1. The maximum absolute atomic E-state index is 12.3. The Hall–Kier alpha value is -1.30. The lowest BCUT2D eigenvalue weighted by Crippen LogP contribution is -2.66. The maximum atomic E-state index is 12.3. The van der Waals surface area contributed by atoms with Crippen LogP contribution in [0.2, 0.25) is 0 Å². The SMILES string of the molecule is CN(C(=O)N1CC(C)(OCC(=O)O)C1)C1CCCCC1. The number of amides is 2. The molecule has 0 atom stereocenters. The second kappa shape index (κ2) is 5.99. The predicted octanol–water partition coefficient (Wildman–Crippen LogP) is 1.55. The van der Waals surface area contributed by atoms with Crippen molar-refractivity contribution in [1.82, 2.24) is 9.80 Å². The van der Waals surface area contributed by atoms with Gasteiger partial charge in [-0.3, -0.25) is 0 Å². The van der Waals surface area contributed by atoms with Gasteiger partial charge in [0.2, 0.25) is 0 Å². The van der Waals surface area contributed by atoms with Gasteiger partial charge in [0, 0.05) is 13.1 Å². The molecule has 2 rings (SSSR count). The molecule has 0 radical (unpaired) electrons. The summed E-state index contributed by atoms with van der Waals surface area (Å²) in [6.07, 6.45) is 5.83. The van der Waals surface area contributed by atoms with Gasteiger partial charge in [-0.05, 0) is 19.8 Å². The summed E-state index contributed by atoms with van der Waals surface area (Å²) in [6.45, 7) is 2.48. The molecule has 1 N–H and O–H groups in total. The summed E-state index contributed by atoms with van der Waals surface area (Å²) >= 11 is 0. The van der Waals surface area contributed by atoms with E-state index in [-0.39, 0.29) is 12.6 Å². The minimum Gasteiger partial charge on any atom is -0.480 e. The van der Waals surface area contributed by atoms with E-state index in [2.05, 4.69) is 0 Å². The molecule has 0 aromatic heterocycles. The highest BCUT2D eigenvalue weighted by molar-refractivity contribution is 5.76. The molecule has 0 unspecified atom stereocenters. The fraction of sp³-hybridized carbons (Fsp3) is 0.857. The third-order valence-electron chi connectivity index (χ3n) is 4.29. The molecule has 0 aromatic carbocycles. The Morgan fingerprint density at radius 1 is 1.30 bits per heavy atom. The van der Waals surface area contributed by atoms with Gasteiger partial charge in [0.15, 0.2) is 0 Å². The van der Waals surface area contributed by atoms with E-state index in [1.165, 1.54) is 19.3 Å².